The molecule has 0 aliphatic heterocycles. The fourth-order valence-electron chi connectivity index (χ4n) is 4.29. The van der Waals surface area contributed by atoms with E-state index in [1.54, 1.807) is 31.3 Å². The van der Waals surface area contributed by atoms with E-state index in [9.17, 15) is 22.8 Å². The van der Waals surface area contributed by atoms with Crippen LogP contribution in [0.5, 0.6) is 0 Å². The highest BCUT2D eigenvalue weighted by Gasteiger charge is 2.32. The van der Waals surface area contributed by atoms with Crippen molar-refractivity contribution in [2.75, 3.05) is 10.6 Å². The molecular weight excluding hydrogens is 477 g/mol. The van der Waals surface area contributed by atoms with E-state index in [1.165, 1.54) is 17.0 Å². The Morgan fingerprint density at radius 1 is 0.944 bits per heavy atom. The molecule has 13 heteroatoms. The van der Waals surface area contributed by atoms with Crippen molar-refractivity contribution >= 4 is 22.8 Å². The normalized spacial score (nSPS) is 17.9. The van der Waals surface area contributed by atoms with Crippen molar-refractivity contribution in [3.8, 4) is 5.69 Å². The van der Waals surface area contributed by atoms with Gasteiger partial charge in [-0.3, -0.25) is 9.36 Å². The summed E-state index contributed by atoms with van der Waals surface area (Å²) in [6.07, 6.45) is 2.28. The van der Waals surface area contributed by atoms with Gasteiger partial charge in [-0.05, 0) is 43.5 Å². The summed E-state index contributed by atoms with van der Waals surface area (Å²) in [5.74, 6) is 0.719. The van der Waals surface area contributed by atoms with Gasteiger partial charge in [-0.1, -0.05) is 0 Å². The van der Waals surface area contributed by atoms with Crippen molar-refractivity contribution < 1.29 is 13.2 Å². The topological polar surface area (TPSA) is 120 Å². The van der Waals surface area contributed by atoms with Crippen LogP contribution in [0, 0.1) is 0 Å². The first-order chi connectivity index (χ1) is 17.2. The second-order valence-electron chi connectivity index (χ2n) is 8.55. The number of aromatic nitrogens is 6. The molecule has 2 N–H and O–H groups in total. The molecule has 4 aromatic rings. The Morgan fingerprint density at radius 2 is 1.67 bits per heavy atom. The first-order valence-corrected chi connectivity index (χ1v) is 11.2. The van der Waals surface area contributed by atoms with Gasteiger partial charge in [0.05, 0.1) is 22.8 Å². The second-order valence-corrected chi connectivity index (χ2v) is 8.55. The van der Waals surface area contributed by atoms with Gasteiger partial charge in [0, 0.05) is 37.7 Å². The molecule has 4 heterocycles. The monoisotopic (exact) mass is 498 g/mol. The lowest BCUT2D eigenvalue weighted by molar-refractivity contribution is -0.138. The van der Waals surface area contributed by atoms with Crippen molar-refractivity contribution in [1.82, 2.24) is 29.1 Å². The van der Waals surface area contributed by atoms with Crippen molar-refractivity contribution in [2.24, 2.45) is 7.05 Å². The minimum absolute atomic E-state index is 0.00804. The lowest BCUT2D eigenvalue weighted by atomic mass is 10.2. The van der Waals surface area contributed by atoms with E-state index in [0.717, 1.165) is 29.8 Å². The molecule has 0 spiro atoms. The van der Waals surface area contributed by atoms with Crippen LogP contribution in [0.3, 0.4) is 0 Å². The smallest absolute Gasteiger partial charge is 0.367 e. The standard InChI is InChI=1S/C23H21F3N8O2/c1-33-19-17(3-2-8-27-19)20(35)34(22(33)36)16-6-7-18(28-12-16)31-14-4-5-15(9-14)32-21-29-10-13(11-30-21)23(24,25)26/h2-3,6-8,10-12,14-15H,4-5,9H2,1H3,(H,28,31)(H,29,30,32)/t14-,15-/m0/s1. The van der Waals surface area contributed by atoms with E-state index < -0.39 is 23.0 Å². The van der Waals surface area contributed by atoms with Gasteiger partial charge >= 0.3 is 11.9 Å². The highest BCUT2D eigenvalue weighted by atomic mass is 19.4. The summed E-state index contributed by atoms with van der Waals surface area (Å²) < 4.78 is 40.4. The molecule has 0 bridgehead atoms. The van der Waals surface area contributed by atoms with Crippen LogP contribution in [-0.2, 0) is 13.2 Å². The lowest BCUT2D eigenvalue weighted by Crippen LogP contribution is -2.38. The van der Waals surface area contributed by atoms with Crippen LogP contribution in [0.1, 0.15) is 24.8 Å². The Morgan fingerprint density at radius 3 is 2.33 bits per heavy atom. The van der Waals surface area contributed by atoms with Crippen LogP contribution >= 0.6 is 0 Å². The lowest BCUT2D eigenvalue weighted by Gasteiger charge is -2.16. The molecule has 1 aliphatic carbocycles. The van der Waals surface area contributed by atoms with Crippen molar-refractivity contribution in [1.29, 1.82) is 0 Å². The van der Waals surface area contributed by atoms with Crippen LogP contribution in [0.2, 0.25) is 0 Å². The molecule has 0 amide bonds. The molecule has 1 fully saturated rings. The maximum absolute atomic E-state index is 12.9. The number of hydrogen-bond donors (Lipinski definition) is 2. The van der Waals surface area contributed by atoms with Crippen LogP contribution in [0.15, 0.2) is 58.6 Å². The Labute approximate surface area is 201 Å². The second kappa shape index (κ2) is 9.06. The number of aryl methyl sites for hydroxylation is 1. The van der Waals surface area contributed by atoms with E-state index in [1.807, 2.05) is 0 Å². The highest BCUT2D eigenvalue weighted by molar-refractivity contribution is 5.73. The maximum Gasteiger partial charge on any atom is 0.419 e. The quantitative estimate of drug-likeness (QED) is 0.431. The van der Waals surface area contributed by atoms with Crippen molar-refractivity contribution in [3.63, 3.8) is 0 Å². The van der Waals surface area contributed by atoms with Crippen molar-refractivity contribution in [2.45, 2.75) is 37.5 Å². The number of rotatable bonds is 5. The zero-order valence-electron chi connectivity index (χ0n) is 19.0. The third-order valence-corrected chi connectivity index (χ3v) is 6.12. The van der Waals surface area contributed by atoms with E-state index in [0.29, 0.717) is 29.0 Å². The molecule has 0 radical (unpaired) electrons. The van der Waals surface area contributed by atoms with Gasteiger partial charge in [0.1, 0.15) is 11.5 Å². The van der Waals surface area contributed by atoms with Crippen LogP contribution in [0.25, 0.3) is 16.7 Å². The number of anilines is 2. The molecule has 10 nitrogen and oxygen atoms in total. The third-order valence-electron chi connectivity index (χ3n) is 6.12. The predicted octanol–water partition coefficient (Wildman–Crippen LogP) is 2.73. The average molecular weight is 498 g/mol. The number of nitrogens with zero attached hydrogens (tertiary/aromatic N) is 6. The number of fused-ring (bicyclic) bond motifs is 1. The van der Waals surface area contributed by atoms with E-state index in [4.69, 9.17) is 0 Å². The molecule has 0 unspecified atom stereocenters. The molecule has 0 aromatic carbocycles. The number of pyridine rings is 2. The summed E-state index contributed by atoms with van der Waals surface area (Å²) in [7, 11) is 1.55. The zero-order valence-corrected chi connectivity index (χ0v) is 19.0. The fraction of sp³-hybridized carbons (Fsp3) is 0.304. The fourth-order valence-corrected chi connectivity index (χ4v) is 4.29. The van der Waals surface area contributed by atoms with Gasteiger partial charge in [0.2, 0.25) is 5.95 Å². The predicted molar refractivity (Wildman–Crippen MR) is 126 cm³/mol. The summed E-state index contributed by atoms with van der Waals surface area (Å²) in [6, 6.07) is 6.64. The summed E-state index contributed by atoms with van der Waals surface area (Å²) >= 11 is 0. The number of alkyl halides is 3. The molecule has 186 valence electrons. The average Bonchev–Trinajstić information content (AvgIpc) is 3.30. The molecule has 2 atom stereocenters. The summed E-state index contributed by atoms with van der Waals surface area (Å²) in [6.45, 7) is 0. The van der Waals surface area contributed by atoms with E-state index in [-0.39, 0.29) is 18.0 Å². The minimum Gasteiger partial charge on any atom is -0.367 e. The van der Waals surface area contributed by atoms with Crippen LogP contribution in [-0.4, -0.2) is 41.2 Å². The first-order valence-electron chi connectivity index (χ1n) is 11.2. The van der Waals surface area contributed by atoms with Crippen molar-refractivity contribution in [3.05, 3.63) is 75.5 Å². The Bertz CT molecular complexity index is 1510. The van der Waals surface area contributed by atoms with Crippen LogP contribution in [0.4, 0.5) is 24.9 Å². The third kappa shape index (κ3) is 4.51. The largest absolute Gasteiger partial charge is 0.419 e. The molecule has 36 heavy (non-hydrogen) atoms. The SMILES string of the molecule is Cn1c(=O)n(-c2ccc(N[C@H]3CC[C@H](Nc4ncc(C(F)(F)F)cn4)C3)nc2)c(=O)c2cccnc21. The number of nitrogens with one attached hydrogen (secondary N) is 2. The molecule has 1 aliphatic rings. The Balaban J connectivity index is 1.26. The summed E-state index contributed by atoms with van der Waals surface area (Å²) in [5.41, 5.74) is -1.25. The molecular formula is C23H21F3N8O2. The van der Waals surface area contributed by atoms with Gasteiger partial charge < -0.3 is 10.6 Å². The molecule has 5 rings (SSSR count). The minimum atomic E-state index is -4.48. The van der Waals surface area contributed by atoms with Gasteiger partial charge in [0.15, 0.2) is 0 Å². The van der Waals surface area contributed by atoms with Gasteiger partial charge in [-0.2, -0.15) is 13.2 Å². The van der Waals surface area contributed by atoms with Gasteiger partial charge in [-0.25, -0.2) is 29.3 Å². The molecule has 4 aromatic heterocycles. The number of halogens is 3. The highest BCUT2D eigenvalue weighted by Crippen LogP contribution is 2.29. The molecule has 1 saturated carbocycles. The van der Waals surface area contributed by atoms with Gasteiger partial charge in [0.25, 0.3) is 5.56 Å². The van der Waals surface area contributed by atoms with Crippen LogP contribution < -0.4 is 21.9 Å². The van der Waals surface area contributed by atoms with E-state index >= 15 is 0 Å². The van der Waals surface area contributed by atoms with E-state index in [2.05, 4.69) is 30.6 Å². The molecule has 0 saturated heterocycles. The summed E-state index contributed by atoms with van der Waals surface area (Å²) in [4.78, 5) is 41.7. The zero-order chi connectivity index (χ0) is 25.4. The summed E-state index contributed by atoms with van der Waals surface area (Å²) in [5, 5.41) is 6.70. The van der Waals surface area contributed by atoms with Gasteiger partial charge in [-0.15, -0.1) is 0 Å². The Kier molecular flexibility index (Phi) is 5.90. The first kappa shape index (κ1) is 23.5. The maximum atomic E-state index is 12.9. The number of hydrogen-bond acceptors (Lipinski definition) is 8. The Hall–Kier alpha value is -4.29.